The first-order chi connectivity index (χ1) is 18.1. The monoisotopic (exact) mass is 583 g/mol. The predicted molar refractivity (Wildman–Crippen MR) is 141 cm³/mol. The summed E-state index contributed by atoms with van der Waals surface area (Å²) in [5, 5.41) is 1.95. The summed E-state index contributed by atoms with van der Waals surface area (Å²) in [4.78, 5) is 24.6. The Hall–Kier alpha value is -3.39. The van der Waals surface area contributed by atoms with Gasteiger partial charge in [0.2, 0.25) is 15.9 Å². The van der Waals surface area contributed by atoms with E-state index in [9.17, 15) is 30.8 Å². The molecule has 1 aliphatic carbocycles. The lowest BCUT2D eigenvalue weighted by molar-refractivity contribution is -0.120. The molecule has 0 saturated heterocycles. The molecule has 2 aliphatic rings. The van der Waals surface area contributed by atoms with Crippen molar-refractivity contribution in [2.45, 2.75) is 56.3 Å². The van der Waals surface area contributed by atoms with Gasteiger partial charge in [0, 0.05) is 5.69 Å². The third-order valence-electron chi connectivity index (χ3n) is 5.81. The zero-order valence-corrected chi connectivity index (χ0v) is 23.3. The van der Waals surface area contributed by atoms with Gasteiger partial charge in [0.05, 0.1) is 35.4 Å². The number of carbonyl (C=O) groups excluding carboxylic acids is 2. The summed E-state index contributed by atoms with van der Waals surface area (Å²) >= 11 is 0. The van der Waals surface area contributed by atoms with Gasteiger partial charge in [-0.2, -0.15) is 0 Å². The Morgan fingerprint density at radius 3 is 2.36 bits per heavy atom. The van der Waals surface area contributed by atoms with Crippen LogP contribution in [0.3, 0.4) is 0 Å². The van der Waals surface area contributed by atoms with Crippen LogP contribution >= 0.6 is 0 Å². The fourth-order valence-corrected chi connectivity index (χ4v) is 6.58. The molecule has 0 radical (unpaired) electrons. The van der Waals surface area contributed by atoms with Crippen LogP contribution in [0.2, 0.25) is 0 Å². The number of rotatable bonds is 8. The van der Waals surface area contributed by atoms with E-state index in [1.54, 1.807) is 0 Å². The van der Waals surface area contributed by atoms with E-state index in [1.165, 1.54) is 18.2 Å². The average molecular weight is 584 g/mol. The molecule has 2 aromatic carbocycles. The Kier molecular flexibility index (Phi) is 7.81. The standard InChI is InChI=1S/C25H30FN3O8S2/c1-25(2,3)15-36-24(31)27-17-6-11-22-21(12-17)29(39(34,35)20-7-4-16(26)5-8-20)14-18(37-22)13-23(30)28-38(32,33)19-9-10-19/h4-8,11-12,18-19H,9-10,13-15H2,1-3H3,(H,27,31)(H,28,30)/t18-/m0/s1. The van der Waals surface area contributed by atoms with Gasteiger partial charge < -0.3 is 9.47 Å². The molecule has 14 heteroatoms. The maximum absolute atomic E-state index is 13.6. The van der Waals surface area contributed by atoms with Crippen LogP contribution in [0, 0.1) is 11.2 Å². The molecule has 39 heavy (non-hydrogen) atoms. The Balaban J connectivity index is 1.61. The van der Waals surface area contributed by atoms with E-state index in [4.69, 9.17) is 9.47 Å². The molecule has 0 bridgehead atoms. The molecule has 1 atom stereocenters. The third-order valence-corrected chi connectivity index (χ3v) is 9.46. The van der Waals surface area contributed by atoms with Crippen molar-refractivity contribution < 1.29 is 40.3 Å². The number of fused-ring (bicyclic) bond motifs is 1. The largest absolute Gasteiger partial charge is 0.486 e. The fraction of sp³-hybridized carbons (Fsp3) is 0.440. The highest BCUT2D eigenvalue weighted by molar-refractivity contribution is 7.92. The molecule has 0 spiro atoms. The van der Waals surface area contributed by atoms with E-state index in [-0.39, 0.29) is 40.6 Å². The quantitative estimate of drug-likeness (QED) is 0.481. The Labute approximate surface area is 226 Å². The fourth-order valence-electron chi connectivity index (χ4n) is 3.76. The topological polar surface area (TPSA) is 148 Å². The molecule has 0 unspecified atom stereocenters. The number of carbonyl (C=O) groups is 2. The maximum Gasteiger partial charge on any atom is 0.411 e. The second kappa shape index (κ2) is 10.6. The van der Waals surface area contributed by atoms with E-state index < -0.39 is 55.6 Å². The number of hydrogen-bond acceptors (Lipinski definition) is 8. The second-order valence-electron chi connectivity index (χ2n) is 10.6. The van der Waals surface area contributed by atoms with Crippen LogP contribution in [-0.4, -0.2) is 53.3 Å². The Morgan fingerprint density at radius 2 is 1.74 bits per heavy atom. The minimum absolute atomic E-state index is 0.0650. The Bertz CT molecular complexity index is 1470. The third kappa shape index (κ3) is 7.18. The highest BCUT2D eigenvalue weighted by Gasteiger charge is 2.39. The van der Waals surface area contributed by atoms with Crippen LogP contribution in [-0.2, 0) is 29.6 Å². The number of nitrogens with one attached hydrogen (secondary N) is 2. The van der Waals surface area contributed by atoms with Crippen molar-refractivity contribution in [1.29, 1.82) is 0 Å². The summed E-state index contributed by atoms with van der Waals surface area (Å²) in [7, 11) is -8.07. The predicted octanol–water partition coefficient (Wildman–Crippen LogP) is 3.38. The first kappa shape index (κ1) is 28.6. The lowest BCUT2D eigenvalue weighted by Gasteiger charge is -2.35. The molecule has 4 rings (SSSR count). The van der Waals surface area contributed by atoms with Crippen LogP contribution in [0.1, 0.15) is 40.0 Å². The van der Waals surface area contributed by atoms with E-state index in [1.807, 2.05) is 25.5 Å². The molecule has 11 nitrogen and oxygen atoms in total. The number of halogens is 1. The summed E-state index contributed by atoms with van der Waals surface area (Å²) < 4.78 is 79.1. The Morgan fingerprint density at radius 1 is 1.08 bits per heavy atom. The van der Waals surface area contributed by atoms with Gasteiger partial charge in [-0.05, 0) is 60.7 Å². The van der Waals surface area contributed by atoms with Crippen LogP contribution < -0.4 is 19.1 Å². The zero-order valence-electron chi connectivity index (χ0n) is 21.6. The first-order valence-electron chi connectivity index (χ1n) is 12.2. The molecule has 2 N–H and O–H groups in total. The lowest BCUT2D eigenvalue weighted by Crippen LogP contribution is -2.46. The molecular weight excluding hydrogens is 553 g/mol. The van der Waals surface area contributed by atoms with E-state index in [0.717, 1.165) is 28.6 Å². The minimum atomic E-state index is -4.28. The SMILES string of the molecule is CC(C)(C)COC(=O)Nc1ccc2c(c1)N(S(=O)(=O)c1ccc(F)cc1)C[C@H](CC(=O)NS(=O)(=O)C1CC1)O2. The van der Waals surface area contributed by atoms with Gasteiger partial charge in [-0.25, -0.2) is 26.0 Å². The van der Waals surface area contributed by atoms with E-state index >= 15 is 0 Å². The van der Waals surface area contributed by atoms with Gasteiger partial charge in [0.1, 0.15) is 17.7 Å². The normalized spacial score (nSPS) is 17.5. The molecule has 1 fully saturated rings. The van der Waals surface area contributed by atoms with E-state index in [2.05, 4.69) is 5.32 Å². The molecule has 2 aromatic rings. The van der Waals surface area contributed by atoms with Crippen LogP contribution in [0.5, 0.6) is 5.75 Å². The van der Waals surface area contributed by atoms with Gasteiger partial charge in [0.15, 0.2) is 0 Å². The van der Waals surface area contributed by atoms with E-state index in [0.29, 0.717) is 12.8 Å². The summed E-state index contributed by atoms with van der Waals surface area (Å²) in [5.74, 6) is -1.36. The van der Waals surface area contributed by atoms with Crippen LogP contribution in [0.4, 0.5) is 20.6 Å². The lowest BCUT2D eigenvalue weighted by atomic mass is 9.99. The number of ether oxygens (including phenoxy) is 2. The molecule has 0 aromatic heterocycles. The summed E-state index contributed by atoms with van der Waals surface area (Å²) in [6.07, 6.45) is -1.25. The van der Waals surface area contributed by atoms with Crippen molar-refractivity contribution in [3.05, 3.63) is 48.3 Å². The van der Waals surface area contributed by atoms with Gasteiger partial charge in [-0.3, -0.25) is 19.1 Å². The number of benzene rings is 2. The number of nitrogens with zero attached hydrogens (tertiary/aromatic N) is 1. The van der Waals surface area contributed by atoms with Crippen molar-refractivity contribution >= 4 is 43.4 Å². The molecule has 2 amide bonds. The van der Waals surface area contributed by atoms with Gasteiger partial charge in [-0.15, -0.1) is 0 Å². The summed E-state index contributed by atoms with van der Waals surface area (Å²) in [6.45, 7) is 5.49. The van der Waals surface area contributed by atoms with Crippen molar-refractivity contribution in [3.63, 3.8) is 0 Å². The molecule has 1 saturated carbocycles. The van der Waals surface area contributed by atoms with Gasteiger partial charge in [0.25, 0.3) is 10.0 Å². The van der Waals surface area contributed by atoms with Crippen LogP contribution in [0.25, 0.3) is 0 Å². The highest BCUT2D eigenvalue weighted by Crippen LogP contribution is 2.39. The first-order valence-corrected chi connectivity index (χ1v) is 15.2. The van der Waals surface area contributed by atoms with Gasteiger partial charge >= 0.3 is 6.09 Å². The van der Waals surface area contributed by atoms with Crippen molar-refractivity contribution in [3.8, 4) is 5.75 Å². The van der Waals surface area contributed by atoms with Gasteiger partial charge in [-0.1, -0.05) is 20.8 Å². The smallest absolute Gasteiger partial charge is 0.411 e. The number of amides is 2. The van der Waals surface area contributed by atoms with Crippen molar-refractivity contribution in [2.75, 3.05) is 22.8 Å². The van der Waals surface area contributed by atoms with Crippen molar-refractivity contribution in [1.82, 2.24) is 4.72 Å². The van der Waals surface area contributed by atoms with Crippen LogP contribution in [0.15, 0.2) is 47.4 Å². The number of hydrogen-bond donors (Lipinski definition) is 2. The summed E-state index contributed by atoms with van der Waals surface area (Å²) in [5.41, 5.74) is 0.0258. The number of anilines is 2. The second-order valence-corrected chi connectivity index (χ2v) is 14.5. The van der Waals surface area contributed by atoms with Crippen molar-refractivity contribution in [2.24, 2.45) is 5.41 Å². The zero-order chi connectivity index (χ0) is 28.6. The maximum atomic E-state index is 13.6. The molecular formula is C25H30FN3O8S2. The number of sulfonamides is 2. The molecule has 212 valence electrons. The average Bonchev–Trinajstić information content (AvgIpc) is 3.68. The highest BCUT2D eigenvalue weighted by atomic mass is 32.2. The molecule has 1 heterocycles. The molecule has 1 aliphatic heterocycles. The minimum Gasteiger partial charge on any atom is -0.486 e. The summed E-state index contributed by atoms with van der Waals surface area (Å²) in [6, 6.07) is 8.50.